The maximum Gasteiger partial charge on any atom is 0.339 e. The molecule has 0 amide bonds. The Morgan fingerprint density at radius 2 is 1.63 bits per heavy atom. The van der Waals surface area contributed by atoms with Gasteiger partial charge in [-0.3, -0.25) is 10.1 Å². The predicted molar refractivity (Wildman–Crippen MR) is 191 cm³/mol. The summed E-state index contributed by atoms with van der Waals surface area (Å²) in [5, 5.41) is 11.4. The molecule has 0 bridgehead atoms. The minimum Gasteiger partial charge on any atom is -0.466 e. The van der Waals surface area contributed by atoms with Crippen molar-refractivity contribution in [3.63, 3.8) is 0 Å². The number of non-ortho nitro benzene ring substituents is 1. The van der Waals surface area contributed by atoms with Crippen LogP contribution in [0.25, 0.3) is 0 Å². The number of nitro benzene ring substituents is 1. The minimum atomic E-state index is -2.13. The molecule has 0 saturated carbocycles. The summed E-state index contributed by atoms with van der Waals surface area (Å²) in [5.41, 5.74) is -1.50. The molecule has 1 fully saturated rings. The van der Waals surface area contributed by atoms with E-state index in [0.717, 1.165) is 42.3 Å². The third-order valence-corrected chi connectivity index (χ3v) is 19.7. The number of hydrogen-bond acceptors (Lipinski definition) is 11. The van der Waals surface area contributed by atoms with Crippen molar-refractivity contribution in [2.45, 2.75) is 129 Å². The summed E-state index contributed by atoms with van der Waals surface area (Å²) in [6.45, 7) is 16.6. The number of hydrogen-bond donors (Lipinski definition) is 0. The van der Waals surface area contributed by atoms with Crippen LogP contribution in [0.15, 0.2) is 35.9 Å². The van der Waals surface area contributed by atoms with Crippen LogP contribution in [0.5, 0.6) is 0 Å². The second-order valence-corrected chi connectivity index (χ2v) is 22.8. The highest BCUT2D eigenvalue weighted by Gasteiger charge is 2.60. The van der Waals surface area contributed by atoms with Crippen LogP contribution >= 0.6 is 0 Å². The van der Waals surface area contributed by atoms with Crippen LogP contribution in [0.3, 0.4) is 0 Å². The van der Waals surface area contributed by atoms with Crippen LogP contribution in [0.1, 0.15) is 78.6 Å². The molecule has 0 aliphatic carbocycles. The van der Waals surface area contributed by atoms with Crippen LogP contribution in [-0.2, 0) is 37.4 Å². The first-order valence-corrected chi connectivity index (χ1v) is 22.4. The molecule has 1 unspecified atom stereocenters. The number of esters is 2. The molecule has 14 heteroatoms. The van der Waals surface area contributed by atoms with E-state index in [4.69, 9.17) is 27.8 Å². The molecule has 2 rings (SSSR count). The number of nitrogens with zero attached hydrogens (tertiary/aromatic N) is 1. The number of methoxy groups -OCH3 is 2. The van der Waals surface area contributed by atoms with E-state index < -0.39 is 56.9 Å². The first-order valence-electron chi connectivity index (χ1n) is 17.4. The number of benzene rings is 1. The fourth-order valence-corrected chi connectivity index (χ4v) is 12.2. The molecule has 0 radical (unpaired) electrons. The van der Waals surface area contributed by atoms with Crippen LogP contribution in [0.4, 0.5) is 5.69 Å². The van der Waals surface area contributed by atoms with Gasteiger partial charge in [-0.1, -0.05) is 47.6 Å². The van der Waals surface area contributed by atoms with Gasteiger partial charge in [-0.15, -0.1) is 0 Å². The summed E-state index contributed by atoms with van der Waals surface area (Å²) in [7, 11) is -1.53. The highest BCUT2D eigenvalue weighted by atomic mass is 28.4. The van der Waals surface area contributed by atoms with E-state index in [9.17, 15) is 24.5 Å². The lowest BCUT2D eigenvalue weighted by molar-refractivity contribution is -0.384. The minimum absolute atomic E-state index is 0.0938. The Morgan fingerprint density at radius 3 is 2.12 bits per heavy atom. The standard InChI is InChI=1S/C35H57NO11Si2/c1-11-48(12-2,13-3)44-24-30(47-49(14-4,15-5)16-6)23-29-21-27(22-31(38)42-9)32(35(43-10,46-29)34(7,8)25-37)45-33(39)26-18-17-19-28(20-26)36(40)41/h17-20,22,25,29-30,32H,11-16,21,23-24H2,1-10H3/b27-22+/t29-,30?,32-,35+/m0/s1. The average molecular weight is 724 g/mol. The van der Waals surface area contributed by atoms with Crippen LogP contribution in [-0.4, -0.2) is 84.7 Å². The summed E-state index contributed by atoms with van der Waals surface area (Å²) in [6, 6.07) is 10.8. The van der Waals surface area contributed by atoms with Gasteiger partial charge in [-0.2, -0.15) is 0 Å². The normalized spacial score (nSPS) is 21.6. The van der Waals surface area contributed by atoms with Crippen LogP contribution in [0, 0.1) is 15.5 Å². The molecule has 4 atom stereocenters. The Kier molecular flexibility index (Phi) is 16.0. The predicted octanol–water partition coefficient (Wildman–Crippen LogP) is 7.38. The Labute approximate surface area is 293 Å². The van der Waals surface area contributed by atoms with Crippen molar-refractivity contribution in [1.29, 1.82) is 0 Å². The summed E-state index contributed by atoms with van der Waals surface area (Å²) >= 11 is 0. The summed E-state index contributed by atoms with van der Waals surface area (Å²) in [5.74, 6) is -3.52. The van der Waals surface area contributed by atoms with Gasteiger partial charge >= 0.3 is 11.9 Å². The molecule has 0 N–H and O–H groups in total. The van der Waals surface area contributed by atoms with Crippen LogP contribution in [0.2, 0.25) is 36.3 Å². The zero-order valence-electron chi connectivity index (χ0n) is 31.0. The lowest BCUT2D eigenvalue weighted by Crippen LogP contribution is -2.64. The molecule has 276 valence electrons. The monoisotopic (exact) mass is 723 g/mol. The number of carbonyl (C=O) groups excluding carboxylic acids is 3. The Hall–Kier alpha value is -2.76. The van der Waals surface area contributed by atoms with E-state index in [1.54, 1.807) is 13.8 Å². The second kappa shape index (κ2) is 18.5. The van der Waals surface area contributed by atoms with Crippen molar-refractivity contribution in [3.8, 4) is 0 Å². The van der Waals surface area contributed by atoms with Gasteiger partial charge < -0.3 is 32.6 Å². The van der Waals surface area contributed by atoms with Crippen LogP contribution < -0.4 is 0 Å². The van der Waals surface area contributed by atoms with E-state index in [2.05, 4.69) is 41.5 Å². The third kappa shape index (κ3) is 9.94. The maximum atomic E-state index is 13.6. The number of carbonyl (C=O) groups is 3. The summed E-state index contributed by atoms with van der Waals surface area (Å²) < 4.78 is 37.6. The summed E-state index contributed by atoms with van der Waals surface area (Å²) in [4.78, 5) is 49.9. The van der Waals surface area contributed by atoms with Gasteiger partial charge in [-0.05, 0) is 68.2 Å². The first kappa shape index (κ1) is 42.4. The molecular formula is C35H57NO11Si2. The molecule has 49 heavy (non-hydrogen) atoms. The number of nitro groups is 1. The van der Waals surface area contributed by atoms with Crippen molar-refractivity contribution < 1.29 is 47.1 Å². The van der Waals surface area contributed by atoms with Crippen molar-refractivity contribution in [1.82, 2.24) is 0 Å². The molecule has 1 saturated heterocycles. The van der Waals surface area contributed by atoms with E-state index in [-0.39, 0.29) is 23.8 Å². The molecule has 1 aromatic carbocycles. The molecule has 1 aliphatic rings. The topological polar surface area (TPSA) is 150 Å². The second-order valence-electron chi connectivity index (χ2n) is 13.3. The average Bonchev–Trinajstić information content (AvgIpc) is 3.11. The van der Waals surface area contributed by atoms with E-state index in [0.29, 0.717) is 24.9 Å². The van der Waals surface area contributed by atoms with Crippen molar-refractivity contribution in [2.75, 3.05) is 20.8 Å². The number of aldehydes is 1. The van der Waals surface area contributed by atoms with Gasteiger partial charge in [0.05, 0.1) is 41.8 Å². The Bertz CT molecular complexity index is 1300. The van der Waals surface area contributed by atoms with E-state index in [1.807, 2.05) is 0 Å². The van der Waals surface area contributed by atoms with Gasteiger partial charge in [0.25, 0.3) is 5.69 Å². The van der Waals surface area contributed by atoms with Gasteiger partial charge in [0.2, 0.25) is 5.79 Å². The van der Waals surface area contributed by atoms with Gasteiger partial charge in [0.1, 0.15) is 6.29 Å². The zero-order valence-corrected chi connectivity index (χ0v) is 33.0. The molecule has 1 aliphatic heterocycles. The Balaban J connectivity index is 2.68. The molecule has 1 aromatic rings. The lowest BCUT2D eigenvalue weighted by atomic mass is 9.75. The van der Waals surface area contributed by atoms with Crippen molar-refractivity contribution in [3.05, 3.63) is 51.6 Å². The van der Waals surface area contributed by atoms with Gasteiger partial charge in [-0.25, -0.2) is 9.59 Å². The smallest absolute Gasteiger partial charge is 0.339 e. The zero-order chi connectivity index (χ0) is 37.0. The lowest BCUT2D eigenvalue weighted by Gasteiger charge is -2.52. The highest BCUT2D eigenvalue weighted by molar-refractivity contribution is 6.74. The quantitative estimate of drug-likeness (QED) is 0.0331. The first-order chi connectivity index (χ1) is 23.1. The summed E-state index contributed by atoms with van der Waals surface area (Å²) in [6.07, 6.45) is -0.00793. The van der Waals surface area contributed by atoms with Crippen molar-refractivity contribution >= 4 is 40.5 Å². The largest absolute Gasteiger partial charge is 0.466 e. The SMILES string of the molecule is CC[Si](CC)(CC)OCC(C[C@@H]1C/C(=C\C(=O)OC)[C@H](OC(=O)c2cccc([N+](=O)[O-])c2)[C@](OC)(C(C)(C)C=O)O1)O[Si](CC)(CC)CC. The van der Waals surface area contributed by atoms with E-state index in [1.165, 1.54) is 38.5 Å². The van der Waals surface area contributed by atoms with Crippen molar-refractivity contribution in [2.24, 2.45) is 5.41 Å². The fourth-order valence-electron chi connectivity index (χ4n) is 6.63. The molecule has 0 spiro atoms. The Morgan fingerprint density at radius 1 is 1.04 bits per heavy atom. The van der Waals surface area contributed by atoms with Gasteiger partial charge in [0.15, 0.2) is 22.7 Å². The number of rotatable bonds is 20. The molecule has 12 nitrogen and oxygen atoms in total. The van der Waals surface area contributed by atoms with E-state index >= 15 is 0 Å². The highest BCUT2D eigenvalue weighted by Crippen LogP contribution is 2.47. The number of ether oxygens (including phenoxy) is 4. The molecular weight excluding hydrogens is 667 g/mol. The third-order valence-electron chi connectivity index (χ3n) is 10.4. The molecule has 1 heterocycles. The van der Waals surface area contributed by atoms with Gasteiger partial charge in [0, 0.05) is 31.7 Å². The fraction of sp³-hybridized carbons (Fsp3) is 0.686. The maximum absolute atomic E-state index is 13.6. The molecule has 0 aromatic heterocycles.